The molecule has 0 aliphatic heterocycles. The van der Waals surface area contributed by atoms with Crippen LogP contribution in [0, 0.1) is 0 Å². The van der Waals surface area contributed by atoms with Gasteiger partial charge in [-0.25, -0.2) is 0 Å². The maximum atomic E-state index is 13.2. The minimum Gasteiger partial charge on any atom is -0.493 e. The van der Waals surface area contributed by atoms with E-state index in [4.69, 9.17) is 4.74 Å². The molecule has 0 aliphatic carbocycles. The average Bonchev–Trinajstić information content (AvgIpc) is 2.70. The summed E-state index contributed by atoms with van der Waals surface area (Å²) in [4.78, 5) is 16.9. The van der Waals surface area contributed by atoms with E-state index in [9.17, 15) is 13.6 Å². The Morgan fingerprint density at radius 1 is 1.03 bits per heavy atom. The van der Waals surface area contributed by atoms with Gasteiger partial charge in [-0.1, -0.05) is 36.4 Å². The molecule has 1 amide bonds. The van der Waals surface area contributed by atoms with Crippen molar-refractivity contribution >= 4 is 5.91 Å². The number of hydrogen-bond donors (Lipinski definition) is 0. The SMILES string of the molecule is CCN(CC)C(=O)C(c1ccccc1)N(C)Cc1ccc(OC)c(OC(F)F)c1. The Balaban J connectivity index is 2.32. The molecule has 0 saturated carbocycles. The van der Waals surface area contributed by atoms with E-state index >= 15 is 0 Å². The number of likely N-dealkylation sites (N-methyl/N-ethyl adjacent to an activating group) is 2. The lowest BCUT2D eigenvalue weighted by atomic mass is 10.0. The van der Waals surface area contributed by atoms with Gasteiger partial charge in [-0.15, -0.1) is 0 Å². The third-order valence-electron chi connectivity index (χ3n) is 4.74. The van der Waals surface area contributed by atoms with Crippen LogP contribution in [0.25, 0.3) is 0 Å². The average molecular weight is 406 g/mol. The molecule has 0 N–H and O–H groups in total. The molecule has 7 heteroatoms. The first kappa shape index (κ1) is 22.6. The molecule has 29 heavy (non-hydrogen) atoms. The lowest BCUT2D eigenvalue weighted by molar-refractivity contribution is -0.136. The van der Waals surface area contributed by atoms with E-state index in [1.165, 1.54) is 13.2 Å². The topological polar surface area (TPSA) is 42.0 Å². The molecular weight excluding hydrogens is 378 g/mol. The van der Waals surface area contributed by atoms with Gasteiger partial charge in [-0.3, -0.25) is 9.69 Å². The molecule has 2 aromatic rings. The van der Waals surface area contributed by atoms with E-state index in [1.807, 2.05) is 56.1 Å². The molecular formula is C22H28F2N2O3. The Bertz CT molecular complexity index is 783. The third kappa shape index (κ3) is 5.90. The number of rotatable bonds is 10. The first-order valence-electron chi connectivity index (χ1n) is 9.56. The molecule has 0 radical (unpaired) electrons. The zero-order chi connectivity index (χ0) is 21.4. The summed E-state index contributed by atoms with van der Waals surface area (Å²) in [6.45, 7) is 2.54. The van der Waals surface area contributed by atoms with Crippen molar-refractivity contribution < 1.29 is 23.0 Å². The lowest BCUT2D eigenvalue weighted by Crippen LogP contribution is -2.41. The van der Waals surface area contributed by atoms with Crippen LogP contribution in [0.1, 0.15) is 31.0 Å². The van der Waals surface area contributed by atoms with Gasteiger partial charge in [0.15, 0.2) is 11.5 Å². The molecule has 0 aliphatic rings. The molecule has 5 nitrogen and oxygen atoms in total. The van der Waals surface area contributed by atoms with Gasteiger partial charge in [0.25, 0.3) is 0 Å². The number of halogens is 2. The van der Waals surface area contributed by atoms with Crippen LogP contribution in [-0.2, 0) is 11.3 Å². The van der Waals surface area contributed by atoms with Gasteiger partial charge >= 0.3 is 6.61 Å². The Hall–Kier alpha value is -2.67. The number of carbonyl (C=O) groups is 1. The summed E-state index contributed by atoms with van der Waals surface area (Å²) in [6.07, 6.45) is 0. The fraction of sp³-hybridized carbons (Fsp3) is 0.409. The number of methoxy groups -OCH3 is 1. The second-order valence-corrected chi connectivity index (χ2v) is 6.60. The van der Waals surface area contributed by atoms with Crippen molar-refractivity contribution in [3.05, 3.63) is 59.7 Å². The van der Waals surface area contributed by atoms with Gasteiger partial charge < -0.3 is 14.4 Å². The monoisotopic (exact) mass is 406 g/mol. The number of alkyl halides is 2. The normalized spacial score (nSPS) is 12.1. The summed E-state index contributed by atoms with van der Waals surface area (Å²) in [7, 11) is 3.24. The molecule has 0 bridgehead atoms. The lowest BCUT2D eigenvalue weighted by Gasteiger charge is -2.32. The third-order valence-corrected chi connectivity index (χ3v) is 4.74. The second kappa shape index (κ2) is 10.8. The number of benzene rings is 2. The van der Waals surface area contributed by atoms with Crippen molar-refractivity contribution in [3.8, 4) is 11.5 Å². The Morgan fingerprint density at radius 3 is 2.24 bits per heavy atom. The van der Waals surface area contributed by atoms with Crippen LogP contribution in [-0.4, -0.2) is 49.6 Å². The van der Waals surface area contributed by atoms with E-state index in [0.717, 1.165) is 11.1 Å². The predicted octanol–water partition coefficient (Wildman–Crippen LogP) is 4.34. The quantitative estimate of drug-likeness (QED) is 0.589. The van der Waals surface area contributed by atoms with Crippen molar-refractivity contribution in [2.75, 3.05) is 27.2 Å². The van der Waals surface area contributed by atoms with Crippen molar-refractivity contribution in [1.82, 2.24) is 9.80 Å². The van der Waals surface area contributed by atoms with Crippen LogP contribution in [0.2, 0.25) is 0 Å². The van der Waals surface area contributed by atoms with Gasteiger partial charge in [-0.2, -0.15) is 8.78 Å². The standard InChI is InChI=1S/C22H28F2N2O3/c1-5-26(6-2)21(27)20(17-10-8-7-9-11-17)25(3)15-16-12-13-18(28-4)19(14-16)29-22(23)24/h7-14,20,22H,5-6,15H2,1-4H3. The van der Waals surface area contributed by atoms with Crippen LogP contribution >= 0.6 is 0 Å². The minimum atomic E-state index is -2.95. The van der Waals surface area contributed by atoms with Crippen LogP contribution in [0.5, 0.6) is 11.5 Å². The highest BCUT2D eigenvalue weighted by Crippen LogP contribution is 2.31. The molecule has 0 fully saturated rings. The first-order valence-corrected chi connectivity index (χ1v) is 9.56. The number of nitrogens with zero attached hydrogens (tertiary/aromatic N) is 2. The van der Waals surface area contributed by atoms with E-state index < -0.39 is 12.7 Å². The summed E-state index contributed by atoms with van der Waals surface area (Å²) in [5.74, 6) is 0.205. The summed E-state index contributed by atoms with van der Waals surface area (Å²) in [5, 5.41) is 0. The Kier molecular flexibility index (Phi) is 8.39. The molecule has 0 heterocycles. The first-order chi connectivity index (χ1) is 13.9. The minimum absolute atomic E-state index is 0.00117. The van der Waals surface area contributed by atoms with Gasteiger partial charge in [-0.05, 0) is 44.2 Å². The number of amides is 1. The maximum absolute atomic E-state index is 13.2. The van der Waals surface area contributed by atoms with E-state index in [-0.39, 0.29) is 17.4 Å². The Morgan fingerprint density at radius 2 is 1.69 bits per heavy atom. The smallest absolute Gasteiger partial charge is 0.387 e. The highest BCUT2D eigenvalue weighted by atomic mass is 19.3. The summed E-state index contributed by atoms with van der Waals surface area (Å²) in [6, 6.07) is 13.9. The van der Waals surface area contributed by atoms with Gasteiger partial charge in [0, 0.05) is 19.6 Å². The van der Waals surface area contributed by atoms with Crippen LogP contribution < -0.4 is 9.47 Å². The highest BCUT2D eigenvalue weighted by Gasteiger charge is 2.28. The molecule has 1 unspecified atom stereocenters. The molecule has 2 rings (SSSR count). The number of carbonyl (C=O) groups excluding carboxylic acids is 1. The molecule has 0 saturated heterocycles. The fourth-order valence-corrected chi connectivity index (χ4v) is 3.32. The van der Waals surface area contributed by atoms with Crippen molar-refractivity contribution in [1.29, 1.82) is 0 Å². The molecule has 158 valence electrons. The summed E-state index contributed by atoms with van der Waals surface area (Å²) >= 11 is 0. The molecule has 1 atom stereocenters. The molecule has 0 spiro atoms. The van der Waals surface area contributed by atoms with Crippen molar-refractivity contribution in [2.45, 2.75) is 33.0 Å². The molecule has 2 aromatic carbocycles. The maximum Gasteiger partial charge on any atom is 0.387 e. The zero-order valence-corrected chi connectivity index (χ0v) is 17.3. The summed E-state index contributed by atoms with van der Waals surface area (Å²) in [5.41, 5.74) is 1.61. The number of hydrogen-bond acceptors (Lipinski definition) is 4. The summed E-state index contributed by atoms with van der Waals surface area (Å²) < 4.78 is 35.1. The van der Waals surface area contributed by atoms with Crippen molar-refractivity contribution in [2.24, 2.45) is 0 Å². The van der Waals surface area contributed by atoms with Gasteiger partial charge in [0.05, 0.1) is 7.11 Å². The van der Waals surface area contributed by atoms with E-state index in [2.05, 4.69) is 4.74 Å². The fourth-order valence-electron chi connectivity index (χ4n) is 3.32. The molecule has 0 aromatic heterocycles. The largest absolute Gasteiger partial charge is 0.493 e. The zero-order valence-electron chi connectivity index (χ0n) is 17.3. The van der Waals surface area contributed by atoms with E-state index in [1.54, 1.807) is 17.0 Å². The predicted molar refractivity (Wildman–Crippen MR) is 108 cm³/mol. The van der Waals surface area contributed by atoms with Crippen LogP contribution in [0.3, 0.4) is 0 Å². The van der Waals surface area contributed by atoms with Crippen LogP contribution in [0.4, 0.5) is 8.78 Å². The highest BCUT2D eigenvalue weighted by molar-refractivity contribution is 5.83. The van der Waals surface area contributed by atoms with Crippen molar-refractivity contribution in [3.63, 3.8) is 0 Å². The van der Waals surface area contributed by atoms with Gasteiger partial charge in [0.2, 0.25) is 5.91 Å². The Labute approximate surface area is 170 Å². The second-order valence-electron chi connectivity index (χ2n) is 6.60. The van der Waals surface area contributed by atoms with E-state index in [0.29, 0.717) is 19.6 Å². The van der Waals surface area contributed by atoms with Crippen LogP contribution in [0.15, 0.2) is 48.5 Å². The number of ether oxygens (including phenoxy) is 2. The van der Waals surface area contributed by atoms with Gasteiger partial charge in [0.1, 0.15) is 6.04 Å².